The molecule has 0 aliphatic carbocycles. The maximum absolute atomic E-state index is 10.8. The van der Waals surface area contributed by atoms with Gasteiger partial charge in [0.05, 0.1) is 6.61 Å². The summed E-state index contributed by atoms with van der Waals surface area (Å²) in [6.07, 6.45) is 1.35. The summed E-state index contributed by atoms with van der Waals surface area (Å²) in [5, 5.41) is 20.2. The Labute approximate surface area is 115 Å². The van der Waals surface area contributed by atoms with Crippen LogP contribution >= 0.6 is 0 Å². The van der Waals surface area contributed by atoms with Crippen molar-refractivity contribution < 1.29 is 14.8 Å². The Hall–Kier alpha value is -2.47. The topological polar surface area (TPSA) is 85.5 Å². The number of aliphatic hydroxyl groups is 1. The molecule has 0 amide bonds. The number of pyridine rings is 1. The first-order valence-corrected chi connectivity index (χ1v) is 6.04. The second-order valence-electron chi connectivity index (χ2n) is 4.24. The van der Waals surface area contributed by atoms with Gasteiger partial charge in [-0.05, 0) is 45.7 Å². The fraction of sp³-hybridized carbons (Fsp3) is 0.214. The number of rotatable bonds is 5. The SMILES string of the molecule is Cc1cccc(CO)c1COc1cccnc1[N+](=O)[O-]. The average Bonchev–Trinajstić information content (AvgIpc) is 2.46. The van der Waals surface area contributed by atoms with Gasteiger partial charge in [0, 0.05) is 0 Å². The number of aliphatic hydroxyl groups excluding tert-OH is 1. The Morgan fingerprint density at radius 3 is 2.85 bits per heavy atom. The number of nitrogens with zero attached hydrogens (tertiary/aromatic N) is 2. The summed E-state index contributed by atoms with van der Waals surface area (Å²) in [5.41, 5.74) is 2.53. The first-order chi connectivity index (χ1) is 9.63. The Morgan fingerprint density at radius 2 is 2.15 bits per heavy atom. The highest BCUT2D eigenvalue weighted by Crippen LogP contribution is 2.25. The van der Waals surface area contributed by atoms with Crippen molar-refractivity contribution in [2.24, 2.45) is 0 Å². The first kappa shape index (κ1) is 14.0. The van der Waals surface area contributed by atoms with E-state index in [1.54, 1.807) is 12.1 Å². The van der Waals surface area contributed by atoms with Crippen molar-refractivity contribution >= 4 is 5.82 Å². The van der Waals surface area contributed by atoms with Crippen LogP contribution in [0.25, 0.3) is 0 Å². The first-order valence-electron chi connectivity index (χ1n) is 6.04. The highest BCUT2D eigenvalue weighted by atomic mass is 16.6. The molecular formula is C14H14N2O4. The van der Waals surface area contributed by atoms with E-state index in [9.17, 15) is 15.2 Å². The Kier molecular flexibility index (Phi) is 4.27. The lowest BCUT2D eigenvalue weighted by atomic mass is 10.0. The summed E-state index contributed by atoms with van der Waals surface area (Å²) in [4.78, 5) is 13.9. The molecule has 0 saturated heterocycles. The summed E-state index contributed by atoms with van der Waals surface area (Å²) in [5.74, 6) is -0.198. The van der Waals surface area contributed by atoms with Gasteiger partial charge in [-0.3, -0.25) is 0 Å². The molecule has 0 aliphatic rings. The van der Waals surface area contributed by atoms with Crippen molar-refractivity contribution in [2.45, 2.75) is 20.1 Å². The van der Waals surface area contributed by atoms with Gasteiger partial charge in [0.2, 0.25) is 5.75 Å². The van der Waals surface area contributed by atoms with E-state index >= 15 is 0 Å². The predicted molar refractivity (Wildman–Crippen MR) is 72.3 cm³/mol. The van der Waals surface area contributed by atoms with Crippen molar-refractivity contribution in [3.63, 3.8) is 0 Å². The zero-order valence-electron chi connectivity index (χ0n) is 10.9. The molecule has 6 nitrogen and oxygen atoms in total. The average molecular weight is 274 g/mol. The summed E-state index contributed by atoms with van der Waals surface area (Å²) >= 11 is 0. The van der Waals surface area contributed by atoms with Crippen LogP contribution < -0.4 is 4.74 Å². The van der Waals surface area contributed by atoms with Gasteiger partial charge in [-0.15, -0.1) is 0 Å². The van der Waals surface area contributed by atoms with E-state index in [0.29, 0.717) is 0 Å². The zero-order valence-corrected chi connectivity index (χ0v) is 10.9. The van der Waals surface area contributed by atoms with Crippen LogP contribution in [-0.4, -0.2) is 15.0 Å². The van der Waals surface area contributed by atoms with Gasteiger partial charge in [0.1, 0.15) is 12.8 Å². The minimum atomic E-state index is -0.583. The van der Waals surface area contributed by atoms with Crippen molar-refractivity contribution in [3.05, 3.63) is 63.3 Å². The van der Waals surface area contributed by atoms with Crippen molar-refractivity contribution in [2.75, 3.05) is 0 Å². The number of hydrogen-bond acceptors (Lipinski definition) is 5. The third-order valence-corrected chi connectivity index (χ3v) is 2.97. The number of hydrogen-bond donors (Lipinski definition) is 1. The molecule has 2 rings (SSSR count). The highest BCUT2D eigenvalue weighted by molar-refractivity contribution is 5.39. The molecule has 6 heteroatoms. The lowest BCUT2D eigenvalue weighted by Crippen LogP contribution is -2.05. The predicted octanol–water partition coefficient (Wildman–Crippen LogP) is 2.37. The summed E-state index contributed by atoms with van der Waals surface area (Å²) in [6, 6.07) is 8.62. The molecular weight excluding hydrogens is 260 g/mol. The molecule has 1 N–H and O–H groups in total. The van der Waals surface area contributed by atoms with Crippen molar-refractivity contribution in [3.8, 4) is 5.75 Å². The Balaban J connectivity index is 2.24. The minimum absolute atomic E-state index is 0.102. The molecule has 0 aliphatic heterocycles. The summed E-state index contributed by atoms with van der Waals surface area (Å²) in [6.45, 7) is 1.94. The van der Waals surface area contributed by atoms with Gasteiger partial charge in [0.15, 0.2) is 0 Å². The lowest BCUT2D eigenvalue weighted by molar-refractivity contribution is -0.390. The molecule has 1 aromatic carbocycles. The smallest absolute Gasteiger partial charge is 0.406 e. The van der Waals surface area contributed by atoms with Crippen LogP contribution in [0.4, 0.5) is 5.82 Å². The molecule has 20 heavy (non-hydrogen) atoms. The second-order valence-corrected chi connectivity index (χ2v) is 4.24. The van der Waals surface area contributed by atoms with Crippen LogP contribution in [0.15, 0.2) is 36.5 Å². The zero-order chi connectivity index (χ0) is 14.5. The maximum Gasteiger partial charge on any atom is 0.406 e. The molecule has 0 bridgehead atoms. The third kappa shape index (κ3) is 2.92. The van der Waals surface area contributed by atoms with Crippen LogP contribution in [0.2, 0.25) is 0 Å². The van der Waals surface area contributed by atoms with Gasteiger partial charge in [-0.2, -0.15) is 0 Å². The highest BCUT2D eigenvalue weighted by Gasteiger charge is 2.16. The van der Waals surface area contributed by atoms with Gasteiger partial charge in [0.25, 0.3) is 0 Å². The Bertz CT molecular complexity index is 628. The monoisotopic (exact) mass is 274 g/mol. The second kappa shape index (κ2) is 6.12. The van der Waals surface area contributed by atoms with E-state index < -0.39 is 4.92 Å². The molecule has 0 radical (unpaired) electrons. The molecule has 0 saturated carbocycles. The molecule has 0 unspecified atom stereocenters. The van der Waals surface area contributed by atoms with E-state index in [1.807, 2.05) is 19.1 Å². The molecule has 2 aromatic rings. The fourth-order valence-electron chi connectivity index (χ4n) is 1.90. The van der Waals surface area contributed by atoms with Gasteiger partial charge < -0.3 is 20.0 Å². The van der Waals surface area contributed by atoms with Crippen LogP contribution in [0.3, 0.4) is 0 Å². The van der Waals surface area contributed by atoms with E-state index in [4.69, 9.17) is 4.74 Å². The number of ether oxygens (including phenoxy) is 1. The van der Waals surface area contributed by atoms with Crippen LogP contribution in [0, 0.1) is 17.0 Å². The maximum atomic E-state index is 10.8. The lowest BCUT2D eigenvalue weighted by Gasteiger charge is -2.12. The molecule has 104 valence electrons. The van der Waals surface area contributed by atoms with E-state index in [0.717, 1.165) is 16.7 Å². The van der Waals surface area contributed by atoms with Crippen LogP contribution in [0.5, 0.6) is 5.75 Å². The van der Waals surface area contributed by atoms with Crippen molar-refractivity contribution in [1.82, 2.24) is 4.98 Å². The number of aryl methyl sites for hydroxylation is 1. The van der Waals surface area contributed by atoms with E-state index in [2.05, 4.69) is 4.98 Å². The van der Waals surface area contributed by atoms with Gasteiger partial charge >= 0.3 is 5.82 Å². The molecule has 0 spiro atoms. The number of nitro groups is 1. The quantitative estimate of drug-likeness (QED) is 0.668. The summed E-state index contributed by atoms with van der Waals surface area (Å²) in [7, 11) is 0. The molecule has 0 fully saturated rings. The molecule has 0 atom stereocenters. The van der Waals surface area contributed by atoms with E-state index in [-0.39, 0.29) is 24.8 Å². The number of aromatic nitrogens is 1. The largest absolute Gasteiger partial charge is 0.481 e. The normalized spacial score (nSPS) is 10.3. The molecule has 1 heterocycles. The van der Waals surface area contributed by atoms with Crippen LogP contribution in [-0.2, 0) is 13.2 Å². The molecule has 1 aromatic heterocycles. The van der Waals surface area contributed by atoms with E-state index in [1.165, 1.54) is 12.3 Å². The third-order valence-electron chi connectivity index (χ3n) is 2.97. The number of benzene rings is 1. The summed E-state index contributed by atoms with van der Waals surface area (Å²) < 4.78 is 5.49. The standard InChI is InChI=1S/C14H14N2O4/c1-10-4-2-5-11(8-17)12(10)9-20-13-6-3-7-15-14(13)16(18)19/h2-7,17H,8-9H2,1H3. The van der Waals surface area contributed by atoms with Gasteiger partial charge in [-0.1, -0.05) is 18.2 Å². The fourth-order valence-corrected chi connectivity index (χ4v) is 1.90. The van der Waals surface area contributed by atoms with Gasteiger partial charge in [-0.25, -0.2) is 0 Å². The van der Waals surface area contributed by atoms with Crippen LogP contribution in [0.1, 0.15) is 16.7 Å². The Morgan fingerprint density at radius 1 is 1.35 bits per heavy atom. The van der Waals surface area contributed by atoms with Crippen molar-refractivity contribution in [1.29, 1.82) is 0 Å². The minimum Gasteiger partial charge on any atom is -0.481 e.